The number of nitrogens with zero attached hydrogens (tertiary/aromatic N) is 1. The maximum Gasteiger partial charge on any atom is 0.0492 e. The summed E-state index contributed by atoms with van der Waals surface area (Å²) >= 11 is 3.64. The molecule has 0 aliphatic heterocycles. The average molecular weight is 338 g/mol. The summed E-state index contributed by atoms with van der Waals surface area (Å²) in [5.41, 5.74) is 3.66. The molecule has 0 aliphatic rings. The van der Waals surface area contributed by atoms with E-state index < -0.39 is 0 Å². The summed E-state index contributed by atoms with van der Waals surface area (Å²) in [6.07, 6.45) is 0. The van der Waals surface area contributed by atoms with Crippen molar-refractivity contribution in [2.45, 2.75) is 6.54 Å². The molecule has 1 nitrogen and oxygen atoms in total. The average Bonchev–Trinajstić information content (AvgIpc) is 2.56. The smallest absolute Gasteiger partial charge is 0.0492 e. The molecule has 0 N–H and O–H groups in total. The molecule has 0 fully saturated rings. The van der Waals surface area contributed by atoms with Crippen LogP contribution in [0, 0.1) is 0 Å². The second kappa shape index (κ2) is 6.59. The van der Waals surface area contributed by atoms with Crippen molar-refractivity contribution in [3.8, 4) is 0 Å². The van der Waals surface area contributed by atoms with Crippen molar-refractivity contribution in [2.75, 3.05) is 4.90 Å². The van der Waals surface area contributed by atoms with Gasteiger partial charge in [0.15, 0.2) is 0 Å². The number of halogens is 1. The van der Waals surface area contributed by atoms with Crippen LogP contribution in [0.4, 0.5) is 11.4 Å². The Morgan fingerprint density at radius 1 is 0.619 bits per heavy atom. The van der Waals surface area contributed by atoms with Crippen molar-refractivity contribution in [3.05, 3.63) is 95.0 Å². The molecule has 3 rings (SSSR count). The lowest BCUT2D eigenvalue weighted by Crippen LogP contribution is -2.16. The first kappa shape index (κ1) is 13.9. The Morgan fingerprint density at radius 3 is 1.62 bits per heavy atom. The number of hydrogen-bond acceptors (Lipinski definition) is 1. The SMILES string of the molecule is Brc1ccccc1CN(c1ccccc1)c1ccccc1. The predicted molar refractivity (Wildman–Crippen MR) is 92.9 cm³/mol. The molecular formula is C19H16BrN. The van der Waals surface area contributed by atoms with Gasteiger partial charge < -0.3 is 4.90 Å². The second-order valence-corrected chi connectivity index (χ2v) is 5.70. The van der Waals surface area contributed by atoms with E-state index in [9.17, 15) is 0 Å². The van der Waals surface area contributed by atoms with Gasteiger partial charge in [0.2, 0.25) is 0 Å². The zero-order valence-electron chi connectivity index (χ0n) is 11.6. The lowest BCUT2D eigenvalue weighted by molar-refractivity contribution is 0.969. The quantitative estimate of drug-likeness (QED) is 0.582. The summed E-state index contributed by atoms with van der Waals surface area (Å²) in [5, 5.41) is 0. The minimum atomic E-state index is 0.829. The number of para-hydroxylation sites is 2. The minimum Gasteiger partial charge on any atom is -0.337 e. The summed E-state index contributed by atoms with van der Waals surface area (Å²) in [7, 11) is 0. The van der Waals surface area contributed by atoms with Gasteiger partial charge in [-0.2, -0.15) is 0 Å². The fourth-order valence-corrected chi connectivity index (χ4v) is 2.75. The Balaban J connectivity index is 1.99. The Labute approximate surface area is 134 Å². The molecule has 0 bridgehead atoms. The van der Waals surface area contributed by atoms with Crippen LogP contribution in [0.3, 0.4) is 0 Å². The topological polar surface area (TPSA) is 3.24 Å². The highest BCUT2D eigenvalue weighted by atomic mass is 79.9. The van der Waals surface area contributed by atoms with Crippen molar-refractivity contribution < 1.29 is 0 Å². The molecule has 0 aliphatic carbocycles. The van der Waals surface area contributed by atoms with Gasteiger partial charge in [-0.15, -0.1) is 0 Å². The van der Waals surface area contributed by atoms with Crippen molar-refractivity contribution in [3.63, 3.8) is 0 Å². The first-order valence-electron chi connectivity index (χ1n) is 6.95. The Kier molecular flexibility index (Phi) is 4.37. The first-order valence-corrected chi connectivity index (χ1v) is 7.75. The summed E-state index contributed by atoms with van der Waals surface area (Å²) in [6, 6.07) is 29.3. The van der Waals surface area contributed by atoms with Crippen LogP contribution >= 0.6 is 15.9 Å². The molecule has 0 heterocycles. The van der Waals surface area contributed by atoms with Gasteiger partial charge in [0.1, 0.15) is 0 Å². The standard InChI is InChI=1S/C19H16BrN/c20-19-14-8-7-9-16(19)15-21(17-10-3-1-4-11-17)18-12-5-2-6-13-18/h1-14H,15H2. The highest BCUT2D eigenvalue weighted by Gasteiger charge is 2.11. The van der Waals surface area contributed by atoms with E-state index in [1.165, 1.54) is 16.9 Å². The molecule has 0 amide bonds. The van der Waals surface area contributed by atoms with E-state index >= 15 is 0 Å². The summed E-state index contributed by atoms with van der Waals surface area (Å²) < 4.78 is 1.14. The van der Waals surface area contributed by atoms with Crippen LogP contribution < -0.4 is 4.90 Å². The molecule has 3 aromatic carbocycles. The summed E-state index contributed by atoms with van der Waals surface area (Å²) in [5.74, 6) is 0. The van der Waals surface area contributed by atoms with Crippen LogP contribution in [-0.4, -0.2) is 0 Å². The van der Waals surface area contributed by atoms with E-state index in [0.29, 0.717) is 0 Å². The molecule has 21 heavy (non-hydrogen) atoms. The second-order valence-electron chi connectivity index (χ2n) is 4.85. The van der Waals surface area contributed by atoms with Crippen LogP contribution in [-0.2, 0) is 6.54 Å². The molecule has 0 atom stereocenters. The Morgan fingerprint density at radius 2 is 1.10 bits per heavy atom. The number of hydrogen-bond donors (Lipinski definition) is 0. The monoisotopic (exact) mass is 337 g/mol. The highest BCUT2D eigenvalue weighted by Crippen LogP contribution is 2.29. The maximum absolute atomic E-state index is 3.64. The van der Waals surface area contributed by atoms with Crippen LogP contribution in [0.15, 0.2) is 89.4 Å². The summed E-state index contributed by atoms with van der Waals surface area (Å²) in [6.45, 7) is 0.829. The zero-order valence-corrected chi connectivity index (χ0v) is 13.2. The fourth-order valence-electron chi connectivity index (χ4n) is 2.34. The fraction of sp³-hybridized carbons (Fsp3) is 0.0526. The first-order chi connectivity index (χ1) is 10.3. The molecule has 2 heteroatoms. The van der Waals surface area contributed by atoms with Crippen LogP contribution in [0.5, 0.6) is 0 Å². The third-order valence-electron chi connectivity index (χ3n) is 3.42. The van der Waals surface area contributed by atoms with Gasteiger partial charge in [-0.25, -0.2) is 0 Å². The van der Waals surface area contributed by atoms with Crippen LogP contribution in [0.2, 0.25) is 0 Å². The third kappa shape index (κ3) is 3.34. The number of anilines is 2. The zero-order chi connectivity index (χ0) is 14.5. The Bertz CT molecular complexity index is 656. The molecule has 0 saturated heterocycles. The number of rotatable bonds is 4. The molecule has 0 spiro atoms. The normalized spacial score (nSPS) is 10.3. The van der Waals surface area contributed by atoms with E-state index in [4.69, 9.17) is 0 Å². The molecule has 104 valence electrons. The molecule has 0 unspecified atom stereocenters. The molecular weight excluding hydrogens is 322 g/mol. The van der Waals surface area contributed by atoms with Gasteiger partial charge in [0.25, 0.3) is 0 Å². The van der Waals surface area contributed by atoms with Crippen molar-refractivity contribution in [2.24, 2.45) is 0 Å². The number of benzene rings is 3. The van der Waals surface area contributed by atoms with E-state index in [-0.39, 0.29) is 0 Å². The van der Waals surface area contributed by atoms with Gasteiger partial charge in [0.05, 0.1) is 0 Å². The lowest BCUT2D eigenvalue weighted by atomic mass is 10.1. The van der Waals surface area contributed by atoms with Crippen molar-refractivity contribution in [1.29, 1.82) is 0 Å². The van der Waals surface area contributed by atoms with Crippen molar-refractivity contribution >= 4 is 27.3 Å². The van der Waals surface area contributed by atoms with Crippen LogP contribution in [0.25, 0.3) is 0 Å². The van der Waals surface area contributed by atoms with Gasteiger partial charge in [0, 0.05) is 22.4 Å². The molecule has 0 aromatic heterocycles. The minimum absolute atomic E-state index is 0.829. The largest absolute Gasteiger partial charge is 0.337 e. The summed E-state index contributed by atoms with van der Waals surface area (Å²) in [4.78, 5) is 2.32. The van der Waals surface area contributed by atoms with Gasteiger partial charge in [-0.3, -0.25) is 0 Å². The van der Waals surface area contributed by atoms with E-state index in [2.05, 4.69) is 87.6 Å². The van der Waals surface area contributed by atoms with E-state index in [1.54, 1.807) is 0 Å². The maximum atomic E-state index is 3.64. The van der Waals surface area contributed by atoms with Crippen LogP contribution in [0.1, 0.15) is 5.56 Å². The molecule has 3 aromatic rings. The molecule has 0 radical (unpaired) electrons. The van der Waals surface area contributed by atoms with Gasteiger partial charge in [-0.05, 0) is 35.9 Å². The van der Waals surface area contributed by atoms with Crippen molar-refractivity contribution in [1.82, 2.24) is 0 Å². The predicted octanol–water partition coefficient (Wildman–Crippen LogP) is 5.79. The Hall–Kier alpha value is -2.06. The molecule has 0 saturated carbocycles. The lowest BCUT2D eigenvalue weighted by Gasteiger charge is -2.25. The van der Waals surface area contributed by atoms with Gasteiger partial charge in [-0.1, -0.05) is 70.5 Å². The van der Waals surface area contributed by atoms with Gasteiger partial charge >= 0.3 is 0 Å². The van der Waals surface area contributed by atoms with E-state index in [0.717, 1.165) is 11.0 Å². The van der Waals surface area contributed by atoms with E-state index in [1.807, 2.05) is 18.2 Å². The highest BCUT2D eigenvalue weighted by molar-refractivity contribution is 9.10. The third-order valence-corrected chi connectivity index (χ3v) is 4.20.